The van der Waals surface area contributed by atoms with Crippen molar-refractivity contribution in [2.24, 2.45) is 0 Å². The molecule has 7 nitrogen and oxygen atoms in total. The highest BCUT2D eigenvalue weighted by Gasteiger charge is 2.19. The number of amides is 2. The maximum Gasteiger partial charge on any atom is 0.328 e. The van der Waals surface area contributed by atoms with Crippen LogP contribution in [0.2, 0.25) is 0 Å². The minimum Gasteiger partial charge on any atom is -0.480 e. The number of hydrogen-bond acceptors (Lipinski definition) is 4. The van der Waals surface area contributed by atoms with Crippen molar-refractivity contribution < 1.29 is 19.4 Å². The van der Waals surface area contributed by atoms with Gasteiger partial charge in [-0.15, -0.1) is 0 Å². The number of anilines is 1. The van der Waals surface area contributed by atoms with E-state index in [0.717, 1.165) is 10.8 Å². The Kier molecular flexibility index (Phi) is 4.68. The topological polar surface area (TPSA) is 101 Å². The van der Waals surface area contributed by atoms with Gasteiger partial charge in [0.05, 0.1) is 12.3 Å². The van der Waals surface area contributed by atoms with Crippen molar-refractivity contribution in [2.75, 3.05) is 19.0 Å². The number of benzene rings is 1. The normalized spacial score (nSPS) is 11.9. The number of carbonyl (C=O) groups excluding carboxylic acids is 1. The molecule has 0 aliphatic carbocycles. The molecule has 1 aromatic heterocycles. The summed E-state index contributed by atoms with van der Waals surface area (Å²) in [4.78, 5) is 26.9. The van der Waals surface area contributed by atoms with Gasteiger partial charge in [0.15, 0.2) is 6.04 Å². The standard InChI is InChI=1S/C14H15N3O4/c1-21-8-12(13(18)19)17-14(20)16-11-4-2-3-9-7-15-6-5-10(9)11/h2-7,12H,8H2,1H3,(H,18,19)(H2,16,17,20). The van der Waals surface area contributed by atoms with E-state index in [4.69, 9.17) is 9.84 Å². The molecule has 0 aliphatic rings. The van der Waals surface area contributed by atoms with Crippen molar-refractivity contribution in [3.05, 3.63) is 36.7 Å². The lowest BCUT2D eigenvalue weighted by molar-refractivity contribution is -0.140. The fourth-order valence-electron chi connectivity index (χ4n) is 1.89. The smallest absolute Gasteiger partial charge is 0.328 e. The van der Waals surface area contributed by atoms with Gasteiger partial charge in [-0.2, -0.15) is 0 Å². The number of ether oxygens (including phenoxy) is 1. The first-order valence-electron chi connectivity index (χ1n) is 6.24. The molecule has 0 spiro atoms. The summed E-state index contributed by atoms with van der Waals surface area (Å²) < 4.78 is 4.76. The highest BCUT2D eigenvalue weighted by Crippen LogP contribution is 2.21. The van der Waals surface area contributed by atoms with Gasteiger partial charge in [0.2, 0.25) is 0 Å². The highest BCUT2D eigenvalue weighted by atomic mass is 16.5. The van der Waals surface area contributed by atoms with E-state index in [-0.39, 0.29) is 6.61 Å². The number of pyridine rings is 1. The third-order valence-electron chi connectivity index (χ3n) is 2.87. The van der Waals surface area contributed by atoms with E-state index in [0.29, 0.717) is 5.69 Å². The molecule has 1 heterocycles. The number of carboxylic acids is 1. The third-order valence-corrected chi connectivity index (χ3v) is 2.87. The van der Waals surface area contributed by atoms with Crippen LogP contribution in [0.25, 0.3) is 10.8 Å². The molecular formula is C14H15N3O4. The minimum atomic E-state index is -1.16. The van der Waals surface area contributed by atoms with Crippen molar-refractivity contribution in [3.63, 3.8) is 0 Å². The van der Waals surface area contributed by atoms with Crippen molar-refractivity contribution in [1.82, 2.24) is 10.3 Å². The van der Waals surface area contributed by atoms with Crippen LogP contribution in [0.15, 0.2) is 36.7 Å². The van der Waals surface area contributed by atoms with Gasteiger partial charge in [-0.05, 0) is 12.1 Å². The molecule has 1 unspecified atom stereocenters. The molecule has 2 rings (SSSR count). The lowest BCUT2D eigenvalue weighted by Gasteiger charge is -2.15. The Morgan fingerprint density at radius 2 is 2.19 bits per heavy atom. The van der Waals surface area contributed by atoms with E-state index in [1.807, 2.05) is 6.07 Å². The number of methoxy groups -OCH3 is 1. The lowest BCUT2D eigenvalue weighted by atomic mass is 10.1. The largest absolute Gasteiger partial charge is 0.480 e. The van der Waals surface area contributed by atoms with Crippen LogP contribution in [-0.2, 0) is 9.53 Å². The van der Waals surface area contributed by atoms with Crippen molar-refractivity contribution in [1.29, 1.82) is 0 Å². The molecule has 0 aliphatic heterocycles. The average Bonchev–Trinajstić information content (AvgIpc) is 2.47. The number of aliphatic carboxylic acids is 1. The quantitative estimate of drug-likeness (QED) is 0.773. The van der Waals surface area contributed by atoms with Crippen molar-refractivity contribution >= 4 is 28.5 Å². The van der Waals surface area contributed by atoms with Crippen LogP contribution >= 0.6 is 0 Å². The molecule has 1 atom stereocenters. The summed E-state index contributed by atoms with van der Waals surface area (Å²) in [5.74, 6) is -1.16. The fraction of sp³-hybridized carbons (Fsp3) is 0.214. The van der Waals surface area contributed by atoms with Crippen LogP contribution < -0.4 is 10.6 Å². The van der Waals surface area contributed by atoms with E-state index in [1.54, 1.807) is 30.6 Å². The van der Waals surface area contributed by atoms with Gasteiger partial charge in [-0.1, -0.05) is 12.1 Å². The zero-order valence-corrected chi connectivity index (χ0v) is 11.4. The number of fused-ring (bicyclic) bond motifs is 1. The molecule has 1 aromatic carbocycles. The van der Waals surface area contributed by atoms with Crippen LogP contribution in [0.4, 0.5) is 10.5 Å². The second-order valence-electron chi connectivity index (χ2n) is 4.35. The SMILES string of the molecule is COCC(NC(=O)Nc1cccc2cnccc12)C(=O)O. The van der Waals surface area contributed by atoms with Crippen LogP contribution in [0.5, 0.6) is 0 Å². The number of aromatic nitrogens is 1. The van der Waals surface area contributed by atoms with Gasteiger partial charge < -0.3 is 20.5 Å². The summed E-state index contributed by atoms with van der Waals surface area (Å²) in [5.41, 5.74) is 0.578. The van der Waals surface area contributed by atoms with Crippen molar-refractivity contribution in [2.45, 2.75) is 6.04 Å². The number of nitrogens with zero attached hydrogens (tertiary/aromatic N) is 1. The molecule has 0 saturated heterocycles. The molecule has 0 fully saturated rings. The monoisotopic (exact) mass is 289 g/mol. The molecule has 21 heavy (non-hydrogen) atoms. The molecule has 2 aromatic rings. The predicted octanol–water partition coefficient (Wildman–Crippen LogP) is 1.46. The van der Waals surface area contributed by atoms with E-state index >= 15 is 0 Å². The minimum absolute atomic E-state index is 0.109. The first kappa shape index (κ1) is 14.7. The Hall–Kier alpha value is -2.67. The number of hydrogen-bond donors (Lipinski definition) is 3. The Labute approximate surface area is 120 Å². The average molecular weight is 289 g/mol. The maximum atomic E-state index is 11.9. The summed E-state index contributed by atoms with van der Waals surface area (Å²) in [6, 6.07) is 5.44. The number of urea groups is 1. The maximum absolute atomic E-state index is 11.9. The summed E-state index contributed by atoms with van der Waals surface area (Å²) in [7, 11) is 1.37. The van der Waals surface area contributed by atoms with E-state index in [9.17, 15) is 9.59 Å². The van der Waals surface area contributed by atoms with E-state index < -0.39 is 18.0 Å². The van der Waals surface area contributed by atoms with Gasteiger partial charge >= 0.3 is 12.0 Å². The van der Waals surface area contributed by atoms with Crippen LogP contribution in [0.1, 0.15) is 0 Å². The molecule has 0 radical (unpaired) electrons. The van der Waals surface area contributed by atoms with Gasteiger partial charge in [0, 0.05) is 30.3 Å². The Morgan fingerprint density at radius 3 is 2.90 bits per heavy atom. The first-order chi connectivity index (χ1) is 10.1. The van der Waals surface area contributed by atoms with Crippen LogP contribution in [-0.4, -0.2) is 41.8 Å². The van der Waals surface area contributed by atoms with Gasteiger partial charge in [0.25, 0.3) is 0 Å². The number of nitrogens with one attached hydrogen (secondary N) is 2. The van der Waals surface area contributed by atoms with Crippen molar-refractivity contribution in [3.8, 4) is 0 Å². The molecule has 0 saturated carbocycles. The molecular weight excluding hydrogens is 274 g/mol. The summed E-state index contributed by atoms with van der Waals surface area (Å²) in [6.45, 7) is -0.109. The zero-order chi connectivity index (χ0) is 15.2. The second-order valence-corrected chi connectivity index (χ2v) is 4.35. The Morgan fingerprint density at radius 1 is 1.38 bits per heavy atom. The van der Waals surface area contributed by atoms with E-state index in [1.165, 1.54) is 7.11 Å². The number of rotatable bonds is 5. The highest BCUT2D eigenvalue weighted by molar-refractivity contribution is 6.02. The van der Waals surface area contributed by atoms with Crippen LogP contribution in [0, 0.1) is 0 Å². The van der Waals surface area contributed by atoms with E-state index in [2.05, 4.69) is 15.6 Å². The Bertz CT molecular complexity index is 654. The third kappa shape index (κ3) is 3.67. The molecule has 7 heteroatoms. The molecule has 0 bridgehead atoms. The van der Waals surface area contributed by atoms with Gasteiger partial charge in [0.1, 0.15) is 0 Å². The molecule has 3 N–H and O–H groups in total. The van der Waals surface area contributed by atoms with Crippen LogP contribution in [0.3, 0.4) is 0 Å². The van der Waals surface area contributed by atoms with Gasteiger partial charge in [-0.3, -0.25) is 4.98 Å². The lowest BCUT2D eigenvalue weighted by Crippen LogP contribution is -2.45. The number of carbonyl (C=O) groups is 2. The fourth-order valence-corrected chi connectivity index (χ4v) is 1.89. The number of carboxylic acid groups (broad SMARTS) is 1. The summed E-state index contributed by atoms with van der Waals surface area (Å²) >= 11 is 0. The summed E-state index contributed by atoms with van der Waals surface area (Å²) in [6.07, 6.45) is 3.31. The molecule has 110 valence electrons. The molecule has 2 amide bonds. The van der Waals surface area contributed by atoms with Gasteiger partial charge in [-0.25, -0.2) is 9.59 Å². The first-order valence-corrected chi connectivity index (χ1v) is 6.24. The second kappa shape index (κ2) is 6.67. The predicted molar refractivity (Wildman–Crippen MR) is 77.2 cm³/mol. The zero-order valence-electron chi connectivity index (χ0n) is 11.4. The Balaban J connectivity index is 2.13. The summed E-state index contributed by atoms with van der Waals surface area (Å²) in [5, 5.41) is 15.6.